The van der Waals surface area contributed by atoms with Crippen LogP contribution in [0.4, 0.5) is 0 Å². The molecule has 1 saturated heterocycles. The van der Waals surface area contributed by atoms with Crippen LogP contribution in [0.5, 0.6) is 0 Å². The molecule has 4 heteroatoms. The number of amides is 1. The molecule has 0 radical (unpaired) electrons. The fourth-order valence-electron chi connectivity index (χ4n) is 4.10. The van der Waals surface area contributed by atoms with Crippen molar-refractivity contribution in [3.63, 3.8) is 0 Å². The summed E-state index contributed by atoms with van der Waals surface area (Å²) in [4.78, 5) is 15.4. The standard InChI is InChI=1S/C22H27N3O/c23-13-18-14-25(15-20(18)16-7-3-1-4-8-16)21(17-9-5-2-6-10-17)22(26)24-19-11-12-19/h1-10,18-21H,11-15,23H2,(H,24,26)/t18-,20+,21?/m1/s1. The summed E-state index contributed by atoms with van der Waals surface area (Å²) < 4.78 is 0. The first-order valence-corrected chi connectivity index (χ1v) is 9.60. The minimum absolute atomic E-state index is 0.128. The molecule has 0 aromatic heterocycles. The Balaban J connectivity index is 1.60. The molecule has 0 spiro atoms. The lowest BCUT2D eigenvalue weighted by molar-refractivity contribution is -0.126. The molecule has 26 heavy (non-hydrogen) atoms. The molecule has 1 unspecified atom stereocenters. The quantitative estimate of drug-likeness (QED) is 0.843. The number of carbonyl (C=O) groups excluding carboxylic acids is 1. The Labute approximate surface area is 155 Å². The molecule has 4 rings (SSSR count). The minimum atomic E-state index is -0.237. The molecule has 1 aliphatic carbocycles. The van der Waals surface area contributed by atoms with Gasteiger partial charge in [0.2, 0.25) is 5.91 Å². The first-order valence-electron chi connectivity index (χ1n) is 9.60. The number of hydrogen-bond donors (Lipinski definition) is 2. The van der Waals surface area contributed by atoms with Gasteiger partial charge in [0.05, 0.1) is 0 Å². The number of rotatable bonds is 6. The van der Waals surface area contributed by atoms with Crippen LogP contribution in [0.2, 0.25) is 0 Å². The van der Waals surface area contributed by atoms with Gasteiger partial charge in [-0.25, -0.2) is 0 Å². The van der Waals surface area contributed by atoms with E-state index in [0.29, 0.717) is 24.4 Å². The van der Waals surface area contributed by atoms with E-state index in [0.717, 1.165) is 31.5 Å². The van der Waals surface area contributed by atoms with Gasteiger partial charge in [0.15, 0.2) is 0 Å². The van der Waals surface area contributed by atoms with Gasteiger partial charge < -0.3 is 11.1 Å². The van der Waals surface area contributed by atoms with Gasteiger partial charge in [0.25, 0.3) is 0 Å². The molecule has 2 aromatic rings. The third-order valence-electron chi connectivity index (χ3n) is 5.65. The molecule has 3 N–H and O–H groups in total. The number of likely N-dealkylation sites (tertiary alicyclic amines) is 1. The van der Waals surface area contributed by atoms with Crippen molar-refractivity contribution < 1.29 is 4.79 Å². The normalized spacial score (nSPS) is 24.3. The number of nitrogens with zero attached hydrogens (tertiary/aromatic N) is 1. The maximum absolute atomic E-state index is 13.0. The number of benzene rings is 2. The number of nitrogens with one attached hydrogen (secondary N) is 1. The fraction of sp³-hybridized carbons (Fsp3) is 0.409. The van der Waals surface area contributed by atoms with Gasteiger partial charge in [-0.15, -0.1) is 0 Å². The molecule has 1 heterocycles. The van der Waals surface area contributed by atoms with E-state index in [9.17, 15) is 4.79 Å². The average Bonchev–Trinajstić information content (AvgIpc) is 3.39. The molecule has 1 amide bonds. The van der Waals surface area contributed by atoms with Crippen LogP contribution >= 0.6 is 0 Å². The predicted molar refractivity (Wildman–Crippen MR) is 104 cm³/mol. The first kappa shape index (κ1) is 17.3. The lowest BCUT2D eigenvalue weighted by Crippen LogP contribution is -2.40. The van der Waals surface area contributed by atoms with E-state index < -0.39 is 0 Å². The lowest BCUT2D eigenvalue weighted by atomic mass is 9.89. The fourth-order valence-corrected chi connectivity index (χ4v) is 4.10. The topological polar surface area (TPSA) is 58.4 Å². The Bertz CT molecular complexity index is 730. The molecular weight excluding hydrogens is 322 g/mol. The number of hydrogen-bond acceptors (Lipinski definition) is 3. The van der Waals surface area contributed by atoms with E-state index in [2.05, 4.69) is 46.6 Å². The Morgan fingerprint density at radius 1 is 1.04 bits per heavy atom. The highest BCUT2D eigenvalue weighted by Gasteiger charge is 2.40. The van der Waals surface area contributed by atoms with Gasteiger partial charge in [-0.2, -0.15) is 0 Å². The lowest BCUT2D eigenvalue weighted by Gasteiger charge is -2.27. The summed E-state index contributed by atoms with van der Waals surface area (Å²) in [5.41, 5.74) is 8.49. The summed E-state index contributed by atoms with van der Waals surface area (Å²) in [6.07, 6.45) is 2.20. The van der Waals surface area contributed by atoms with Gasteiger partial charge >= 0.3 is 0 Å². The van der Waals surface area contributed by atoms with E-state index in [4.69, 9.17) is 5.73 Å². The molecule has 2 aromatic carbocycles. The zero-order chi connectivity index (χ0) is 17.9. The van der Waals surface area contributed by atoms with E-state index in [1.54, 1.807) is 0 Å². The van der Waals surface area contributed by atoms with Gasteiger partial charge in [-0.05, 0) is 36.4 Å². The van der Waals surface area contributed by atoms with Crippen LogP contribution in [0, 0.1) is 5.92 Å². The van der Waals surface area contributed by atoms with Crippen LogP contribution in [0.25, 0.3) is 0 Å². The van der Waals surface area contributed by atoms with E-state index >= 15 is 0 Å². The maximum atomic E-state index is 13.0. The van der Waals surface area contributed by atoms with Crippen molar-refractivity contribution in [1.29, 1.82) is 0 Å². The summed E-state index contributed by atoms with van der Waals surface area (Å²) in [6, 6.07) is 20.8. The van der Waals surface area contributed by atoms with Crippen LogP contribution in [-0.2, 0) is 4.79 Å². The van der Waals surface area contributed by atoms with Gasteiger partial charge in [-0.1, -0.05) is 60.7 Å². The highest BCUT2D eigenvalue weighted by molar-refractivity contribution is 5.83. The van der Waals surface area contributed by atoms with E-state index in [1.807, 2.05) is 24.3 Å². The molecule has 4 nitrogen and oxygen atoms in total. The number of nitrogens with two attached hydrogens (primary N) is 1. The molecule has 2 aliphatic rings. The SMILES string of the molecule is NC[C@@H]1CN(C(C(=O)NC2CC2)c2ccccc2)C[C@H]1c1ccccc1. The predicted octanol–water partition coefficient (Wildman–Crippen LogP) is 2.68. The van der Waals surface area contributed by atoms with Gasteiger partial charge in [0.1, 0.15) is 6.04 Å². The number of carbonyl (C=O) groups is 1. The summed E-state index contributed by atoms with van der Waals surface area (Å²) in [5.74, 6) is 0.877. The Morgan fingerprint density at radius 3 is 2.31 bits per heavy atom. The highest BCUT2D eigenvalue weighted by atomic mass is 16.2. The Morgan fingerprint density at radius 2 is 1.69 bits per heavy atom. The second-order valence-corrected chi connectivity index (χ2v) is 7.56. The summed E-state index contributed by atoms with van der Waals surface area (Å²) in [5, 5.41) is 3.20. The summed E-state index contributed by atoms with van der Waals surface area (Å²) in [6.45, 7) is 2.36. The summed E-state index contributed by atoms with van der Waals surface area (Å²) >= 11 is 0. The molecular formula is C22H27N3O. The second-order valence-electron chi connectivity index (χ2n) is 7.56. The molecule has 3 atom stereocenters. The third kappa shape index (κ3) is 3.67. The highest BCUT2D eigenvalue weighted by Crippen LogP contribution is 2.37. The monoisotopic (exact) mass is 349 g/mol. The van der Waals surface area contributed by atoms with Gasteiger partial charge in [0, 0.05) is 25.0 Å². The van der Waals surface area contributed by atoms with Crippen molar-refractivity contribution in [2.75, 3.05) is 19.6 Å². The molecule has 1 saturated carbocycles. The maximum Gasteiger partial charge on any atom is 0.242 e. The van der Waals surface area contributed by atoms with Crippen molar-refractivity contribution in [3.8, 4) is 0 Å². The first-order chi connectivity index (χ1) is 12.8. The summed E-state index contributed by atoms with van der Waals surface area (Å²) in [7, 11) is 0. The molecule has 136 valence electrons. The average molecular weight is 349 g/mol. The largest absolute Gasteiger partial charge is 0.352 e. The van der Waals surface area contributed by atoms with Crippen molar-refractivity contribution in [2.24, 2.45) is 11.7 Å². The molecule has 1 aliphatic heterocycles. The van der Waals surface area contributed by atoms with Gasteiger partial charge in [-0.3, -0.25) is 9.69 Å². The van der Waals surface area contributed by atoms with E-state index in [-0.39, 0.29) is 11.9 Å². The van der Waals surface area contributed by atoms with E-state index in [1.165, 1.54) is 5.56 Å². The van der Waals surface area contributed by atoms with Crippen molar-refractivity contribution in [3.05, 3.63) is 71.8 Å². The second kappa shape index (κ2) is 7.60. The van der Waals surface area contributed by atoms with Crippen molar-refractivity contribution in [2.45, 2.75) is 30.8 Å². The van der Waals surface area contributed by atoms with Crippen LogP contribution in [0.15, 0.2) is 60.7 Å². The third-order valence-corrected chi connectivity index (χ3v) is 5.65. The zero-order valence-corrected chi connectivity index (χ0v) is 15.1. The smallest absolute Gasteiger partial charge is 0.242 e. The van der Waals surface area contributed by atoms with Crippen molar-refractivity contribution >= 4 is 5.91 Å². The molecule has 2 fully saturated rings. The minimum Gasteiger partial charge on any atom is -0.352 e. The zero-order valence-electron chi connectivity index (χ0n) is 15.1. The van der Waals surface area contributed by atoms with Crippen molar-refractivity contribution in [1.82, 2.24) is 10.2 Å². The Hall–Kier alpha value is -2.17. The van der Waals surface area contributed by atoms with Crippen LogP contribution < -0.4 is 11.1 Å². The van der Waals surface area contributed by atoms with Crippen LogP contribution in [0.3, 0.4) is 0 Å². The van der Waals surface area contributed by atoms with Crippen LogP contribution in [-0.4, -0.2) is 36.5 Å². The molecule has 0 bridgehead atoms. The Kier molecular flexibility index (Phi) is 5.05. The van der Waals surface area contributed by atoms with Crippen LogP contribution in [0.1, 0.15) is 35.9 Å².